The maximum absolute atomic E-state index is 11.9. The smallest absolute Gasteiger partial charge is 0.260 e. The van der Waals surface area contributed by atoms with E-state index in [0.29, 0.717) is 50.9 Å². The molecule has 0 unspecified atom stereocenters. The van der Waals surface area contributed by atoms with Gasteiger partial charge in [-0.3, -0.25) is 9.59 Å². The van der Waals surface area contributed by atoms with Crippen LogP contribution in [0.25, 0.3) is 0 Å². The number of amides is 2. The SMILES string of the molecule is C/C=C/C=C(\C=C/CC)C(/C)=N\OCC(=O)NCCOCCOCCNC(=O)CO/N=C(\C)c1ccccc1. The highest BCUT2D eigenvalue weighted by atomic mass is 16.6. The van der Waals surface area contributed by atoms with Crippen LogP contribution in [-0.2, 0) is 28.7 Å². The summed E-state index contributed by atoms with van der Waals surface area (Å²) in [5.41, 5.74) is 3.23. The normalized spacial score (nSPS) is 12.7. The molecule has 0 saturated carbocycles. The van der Waals surface area contributed by atoms with Gasteiger partial charge in [0.05, 0.1) is 37.9 Å². The molecule has 2 amide bonds. The van der Waals surface area contributed by atoms with Crippen LogP contribution in [0.5, 0.6) is 0 Å². The van der Waals surface area contributed by atoms with E-state index in [1.54, 1.807) is 0 Å². The molecule has 1 aromatic rings. The Morgan fingerprint density at radius 1 is 0.872 bits per heavy atom. The van der Waals surface area contributed by atoms with Gasteiger partial charge in [-0.25, -0.2) is 0 Å². The zero-order valence-electron chi connectivity index (χ0n) is 23.5. The lowest BCUT2D eigenvalue weighted by Gasteiger charge is -2.08. The zero-order valence-corrected chi connectivity index (χ0v) is 23.5. The molecule has 0 heterocycles. The second-order valence-corrected chi connectivity index (χ2v) is 8.15. The van der Waals surface area contributed by atoms with Crippen molar-refractivity contribution in [2.75, 3.05) is 52.7 Å². The van der Waals surface area contributed by atoms with Gasteiger partial charge in [0.1, 0.15) is 0 Å². The van der Waals surface area contributed by atoms with Crippen molar-refractivity contribution in [3.05, 3.63) is 71.8 Å². The van der Waals surface area contributed by atoms with Gasteiger partial charge in [0.15, 0.2) is 13.2 Å². The molecule has 0 saturated heterocycles. The Bertz CT molecular complexity index is 987. The monoisotopic (exact) mass is 542 g/mol. The fourth-order valence-electron chi connectivity index (χ4n) is 2.85. The molecule has 2 N–H and O–H groups in total. The molecular weight excluding hydrogens is 500 g/mol. The van der Waals surface area contributed by atoms with Crippen LogP contribution in [0.1, 0.15) is 39.7 Å². The number of carbonyl (C=O) groups excluding carboxylic acids is 2. The molecule has 0 aliphatic rings. The predicted molar refractivity (Wildman–Crippen MR) is 154 cm³/mol. The third-order valence-corrected chi connectivity index (χ3v) is 4.91. The minimum atomic E-state index is -0.282. The molecule has 0 bridgehead atoms. The van der Waals surface area contributed by atoms with Gasteiger partial charge < -0.3 is 29.8 Å². The standard InChI is InChI=1S/C29H42N4O6/c1-5-7-12-26(13-8-6-2)24(3)32-38-22-28(34)30-16-18-36-20-21-37-19-17-31-29(35)23-39-33-25(4)27-14-10-9-11-15-27/h5,7-15H,6,16-23H2,1-4H3,(H,30,34)(H,31,35)/b7-5+,13-8-,26-12+,32-24-,33-25+. The number of nitrogens with zero attached hydrogens (tertiary/aromatic N) is 2. The van der Waals surface area contributed by atoms with E-state index in [-0.39, 0.29) is 25.0 Å². The Hall–Kier alpha value is -3.76. The van der Waals surface area contributed by atoms with Gasteiger partial charge in [-0.05, 0) is 38.3 Å². The molecule has 0 radical (unpaired) electrons. The number of hydrogen-bond acceptors (Lipinski definition) is 8. The van der Waals surface area contributed by atoms with E-state index in [0.717, 1.165) is 17.6 Å². The van der Waals surface area contributed by atoms with Crippen molar-refractivity contribution < 1.29 is 28.7 Å². The fourth-order valence-corrected chi connectivity index (χ4v) is 2.85. The Balaban J connectivity index is 2.03. The summed E-state index contributed by atoms with van der Waals surface area (Å²) < 4.78 is 10.8. The lowest BCUT2D eigenvalue weighted by molar-refractivity contribution is -0.126. The highest BCUT2D eigenvalue weighted by Gasteiger charge is 2.04. The van der Waals surface area contributed by atoms with E-state index in [9.17, 15) is 9.59 Å². The van der Waals surface area contributed by atoms with E-state index in [1.165, 1.54) is 0 Å². The van der Waals surface area contributed by atoms with E-state index < -0.39 is 0 Å². The maximum atomic E-state index is 11.9. The van der Waals surface area contributed by atoms with Crippen molar-refractivity contribution in [1.82, 2.24) is 10.6 Å². The molecule has 0 fully saturated rings. The Labute approximate surface area is 231 Å². The number of benzene rings is 1. The lowest BCUT2D eigenvalue weighted by Crippen LogP contribution is -2.31. The van der Waals surface area contributed by atoms with E-state index >= 15 is 0 Å². The molecule has 10 nitrogen and oxygen atoms in total. The average Bonchev–Trinajstić information content (AvgIpc) is 2.94. The van der Waals surface area contributed by atoms with E-state index in [4.69, 9.17) is 19.1 Å². The number of ether oxygens (including phenoxy) is 2. The third-order valence-electron chi connectivity index (χ3n) is 4.91. The third kappa shape index (κ3) is 17.4. The van der Waals surface area contributed by atoms with Crippen LogP contribution in [0.15, 0.2) is 76.6 Å². The summed E-state index contributed by atoms with van der Waals surface area (Å²) in [6, 6.07) is 9.57. The molecule has 0 aliphatic heterocycles. The second-order valence-electron chi connectivity index (χ2n) is 8.15. The minimum Gasteiger partial charge on any atom is -0.385 e. The quantitative estimate of drug-likeness (QED) is 0.113. The van der Waals surface area contributed by atoms with Crippen LogP contribution in [0, 0.1) is 0 Å². The van der Waals surface area contributed by atoms with Crippen molar-refractivity contribution in [1.29, 1.82) is 0 Å². The number of oxime groups is 2. The van der Waals surface area contributed by atoms with Gasteiger partial charge in [-0.1, -0.05) is 77.9 Å². The zero-order chi connectivity index (χ0) is 28.6. The number of carbonyl (C=O) groups is 2. The topological polar surface area (TPSA) is 120 Å². The number of allylic oxidation sites excluding steroid dienone is 6. The Morgan fingerprint density at radius 2 is 1.46 bits per heavy atom. The molecule has 214 valence electrons. The fraction of sp³-hybridized carbons (Fsp3) is 0.448. The van der Waals surface area contributed by atoms with E-state index in [1.807, 2.05) is 81.5 Å². The Kier molecular flexibility index (Phi) is 19.0. The summed E-state index contributed by atoms with van der Waals surface area (Å²) >= 11 is 0. The van der Waals surface area contributed by atoms with E-state index in [2.05, 4.69) is 27.9 Å². The van der Waals surface area contributed by atoms with Crippen LogP contribution >= 0.6 is 0 Å². The highest BCUT2D eigenvalue weighted by molar-refractivity contribution is 6.00. The second kappa shape index (κ2) is 22.2. The molecule has 0 atom stereocenters. The summed E-state index contributed by atoms with van der Waals surface area (Å²) in [5.74, 6) is -0.561. The van der Waals surface area contributed by atoms with Crippen LogP contribution in [0.2, 0.25) is 0 Å². The lowest BCUT2D eigenvalue weighted by atomic mass is 10.1. The molecule has 39 heavy (non-hydrogen) atoms. The van der Waals surface area contributed by atoms with Gasteiger partial charge >= 0.3 is 0 Å². The predicted octanol–water partition coefficient (Wildman–Crippen LogP) is 3.55. The maximum Gasteiger partial charge on any atom is 0.260 e. The van der Waals surface area contributed by atoms with Crippen molar-refractivity contribution >= 4 is 23.2 Å². The van der Waals surface area contributed by atoms with Crippen LogP contribution in [0.4, 0.5) is 0 Å². The van der Waals surface area contributed by atoms with Crippen molar-refractivity contribution in [3.63, 3.8) is 0 Å². The first-order valence-electron chi connectivity index (χ1n) is 13.0. The van der Waals surface area contributed by atoms with Crippen molar-refractivity contribution in [2.24, 2.45) is 10.3 Å². The molecule has 0 spiro atoms. The van der Waals surface area contributed by atoms with Crippen molar-refractivity contribution in [2.45, 2.75) is 34.1 Å². The summed E-state index contributed by atoms with van der Waals surface area (Å²) in [4.78, 5) is 33.9. The highest BCUT2D eigenvalue weighted by Crippen LogP contribution is 2.04. The molecule has 1 aromatic carbocycles. The molecule has 10 heteroatoms. The number of hydrogen-bond donors (Lipinski definition) is 2. The number of nitrogens with one attached hydrogen (secondary N) is 2. The van der Waals surface area contributed by atoms with Gasteiger partial charge in [0.2, 0.25) is 0 Å². The number of rotatable bonds is 20. The molecule has 0 aromatic heterocycles. The van der Waals surface area contributed by atoms with Crippen LogP contribution in [-0.4, -0.2) is 76.0 Å². The summed E-state index contributed by atoms with van der Waals surface area (Å²) in [7, 11) is 0. The summed E-state index contributed by atoms with van der Waals surface area (Å²) in [6.45, 7) is 9.41. The largest absolute Gasteiger partial charge is 0.385 e. The van der Waals surface area contributed by atoms with Gasteiger partial charge in [-0.2, -0.15) is 0 Å². The Morgan fingerprint density at radius 3 is 2.03 bits per heavy atom. The van der Waals surface area contributed by atoms with Crippen LogP contribution < -0.4 is 10.6 Å². The van der Waals surface area contributed by atoms with Crippen LogP contribution in [0.3, 0.4) is 0 Å². The first-order valence-corrected chi connectivity index (χ1v) is 13.0. The molecular formula is C29H42N4O6. The van der Waals surface area contributed by atoms with Gasteiger partial charge in [-0.15, -0.1) is 0 Å². The first-order chi connectivity index (χ1) is 19.0. The summed E-state index contributed by atoms with van der Waals surface area (Å²) in [6.07, 6.45) is 10.7. The van der Waals surface area contributed by atoms with Crippen molar-refractivity contribution in [3.8, 4) is 0 Å². The van der Waals surface area contributed by atoms with Gasteiger partial charge in [0.25, 0.3) is 11.8 Å². The molecule has 0 aliphatic carbocycles. The summed E-state index contributed by atoms with van der Waals surface area (Å²) in [5, 5.41) is 13.4. The van der Waals surface area contributed by atoms with Gasteiger partial charge in [0, 0.05) is 13.1 Å². The first kappa shape index (κ1) is 33.3. The minimum absolute atomic E-state index is 0.166. The average molecular weight is 543 g/mol. The molecule has 1 rings (SSSR count).